The minimum atomic E-state index is -4.86. The van der Waals surface area contributed by atoms with E-state index in [4.69, 9.17) is 0 Å². The van der Waals surface area contributed by atoms with Gasteiger partial charge in [-0.1, -0.05) is 19.8 Å². The summed E-state index contributed by atoms with van der Waals surface area (Å²) < 4.78 is 74.8. The second kappa shape index (κ2) is 15.5. The monoisotopic (exact) mass is 696 g/mol. The summed E-state index contributed by atoms with van der Waals surface area (Å²) in [5.41, 5.74) is -0.785. The van der Waals surface area contributed by atoms with Crippen molar-refractivity contribution in [3.63, 3.8) is 0 Å². The van der Waals surface area contributed by atoms with Crippen LogP contribution in [0.4, 0.5) is 22.0 Å². The van der Waals surface area contributed by atoms with Gasteiger partial charge in [0.25, 0.3) is 5.56 Å². The number of nitrogens with one attached hydrogen (secondary N) is 1. The Labute approximate surface area is 285 Å². The van der Waals surface area contributed by atoms with Crippen LogP contribution in [0.25, 0.3) is 11.1 Å². The van der Waals surface area contributed by atoms with E-state index in [2.05, 4.69) is 22.3 Å². The number of nitrogens with zero attached hydrogens (tertiary/aromatic N) is 3. The lowest BCUT2D eigenvalue weighted by molar-refractivity contribution is -0.139. The first-order chi connectivity index (χ1) is 23.5. The van der Waals surface area contributed by atoms with Gasteiger partial charge >= 0.3 is 12.1 Å². The van der Waals surface area contributed by atoms with E-state index in [1.807, 2.05) is 0 Å². The van der Waals surface area contributed by atoms with Crippen molar-refractivity contribution in [1.29, 1.82) is 0 Å². The second-order valence-electron chi connectivity index (χ2n) is 12.5. The number of amides is 1. The average molecular weight is 697 g/mol. The van der Waals surface area contributed by atoms with Crippen LogP contribution in [0, 0.1) is 43.2 Å². The Hall–Kier alpha value is -5.25. The first-order valence-corrected chi connectivity index (χ1v) is 15.8. The van der Waals surface area contributed by atoms with Gasteiger partial charge in [0.1, 0.15) is 17.7 Å². The molecule has 0 spiro atoms. The van der Waals surface area contributed by atoms with Gasteiger partial charge in [-0.3, -0.25) is 19.1 Å². The zero-order valence-electron chi connectivity index (χ0n) is 28.2. The third-order valence-corrected chi connectivity index (χ3v) is 8.19. The number of carboxylic acids is 1. The third-order valence-electron chi connectivity index (χ3n) is 8.19. The fraction of sp³-hybridized carbons (Fsp3) is 0.351. The molecule has 0 radical (unpaired) electrons. The predicted molar refractivity (Wildman–Crippen MR) is 177 cm³/mol. The van der Waals surface area contributed by atoms with E-state index in [1.165, 1.54) is 42.1 Å². The highest BCUT2D eigenvalue weighted by atomic mass is 19.4. The standard InChI is InChI=1S/C37H37F5N4O4/c1-6-8-24-16-26(34-22(4)14-27(38)15-23(34)5)17-28(35(24)39)30(19-33(48)49)44-36(50)31(13-21(2)3)46-20-25(9-12-45-11-7-10-43-45)29(18-32(46)47)37(40,41)42/h7,10-11,14-18,20-21,30-31H,9,12-13,19H2,1-5H3,(H,44,50)(H,48,49)/t30-,31-/m0/s1. The molecule has 50 heavy (non-hydrogen) atoms. The molecule has 0 saturated heterocycles. The van der Waals surface area contributed by atoms with Crippen LogP contribution in [-0.4, -0.2) is 31.3 Å². The number of carbonyl (C=O) groups is 2. The van der Waals surface area contributed by atoms with Crippen molar-refractivity contribution < 1.29 is 36.6 Å². The first kappa shape index (κ1) is 37.6. The maximum Gasteiger partial charge on any atom is 0.416 e. The van der Waals surface area contributed by atoms with Gasteiger partial charge in [0.05, 0.1) is 23.6 Å². The van der Waals surface area contributed by atoms with Crippen molar-refractivity contribution in [1.82, 2.24) is 19.7 Å². The minimum Gasteiger partial charge on any atom is -0.481 e. The molecule has 0 aliphatic rings. The highest BCUT2D eigenvalue weighted by Crippen LogP contribution is 2.35. The van der Waals surface area contributed by atoms with Crippen LogP contribution in [0.3, 0.4) is 0 Å². The summed E-state index contributed by atoms with van der Waals surface area (Å²) in [7, 11) is 0. The molecule has 1 amide bonds. The lowest BCUT2D eigenvalue weighted by Gasteiger charge is -2.27. The number of aryl methyl sites for hydroxylation is 4. The van der Waals surface area contributed by atoms with Crippen molar-refractivity contribution in [3.8, 4) is 23.0 Å². The van der Waals surface area contributed by atoms with E-state index in [-0.39, 0.29) is 42.0 Å². The summed E-state index contributed by atoms with van der Waals surface area (Å²) in [5, 5.41) is 16.4. The number of rotatable bonds is 12. The number of carboxylic acid groups (broad SMARTS) is 1. The second-order valence-corrected chi connectivity index (χ2v) is 12.5. The number of carbonyl (C=O) groups excluding carboxylic acids is 1. The summed E-state index contributed by atoms with van der Waals surface area (Å²) in [6.07, 6.45) is -1.77. The summed E-state index contributed by atoms with van der Waals surface area (Å²) in [6, 6.07) is 4.61. The molecule has 2 N–H and O–H groups in total. The van der Waals surface area contributed by atoms with Crippen LogP contribution >= 0.6 is 0 Å². The Bertz CT molecular complexity index is 1980. The van der Waals surface area contributed by atoms with Crippen LogP contribution in [0.1, 0.15) is 79.1 Å². The molecule has 2 heterocycles. The van der Waals surface area contributed by atoms with Gasteiger partial charge in [0, 0.05) is 36.8 Å². The van der Waals surface area contributed by atoms with Gasteiger partial charge in [-0.2, -0.15) is 18.3 Å². The van der Waals surface area contributed by atoms with Gasteiger partial charge in [-0.25, -0.2) is 8.78 Å². The van der Waals surface area contributed by atoms with Gasteiger partial charge in [0.2, 0.25) is 5.91 Å². The molecule has 0 unspecified atom stereocenters. The normalized spacial score (nSPS) is 12.7. The number of aromatic nitrogens is 3. The third kappa shape index (κ3) is 8.85. The largest absolute Gasteiger partial charge is 0.481 e. The van der Waals surface area contributed by atoms with Crippen LogP contribution in [0.15, 0.2) is 59.8 Å². The fourth-order valence-corrected chi connectivity index (χ4v) is 6.08. The number of aliphatic carboxylic acids is 1. The zero-order valence-corrected chi connectivity index (χ0v) is 28.2. The number of alkyl halides is 3. The van der Waals surface area contributed by atoms with E-state index in [9.17, 15) is 37.1 Å². The fourth-order valence-electron chi connectivity index (χ4n) is 6.08. The molecule has 2 aromatic carbocycles. The van der Waals surface area contributed by atoms with Crippen molar-refractivity contribution >= 4 is 11.9 Å². The van der Waals surface area contributed by atoms with Gasteiger partial charge in [-0.15, -0.1) is 5.92 Å². The SMILES string of the molecule is CC#Cc1cc(-c2c(C)cc(F)cc2C)cc([C@H](CC(=O)O)NC(=O)[C@H](CC(C)C)n2cc(CCn3cccn3)c(C(F)(F)F)cc2=O)c1F. The molecule has 0 bridgehead atoms. The van der Waals surface area contributed by atoms with E-state index in [1.54, 1.807) is 40.0 Å². The molecule has 0 aliphatic heterocycles. The van der Waals surface area contributed by atoms with Crippen molar-refractivity contribution in [2.24, 2.45) is 5.92 Å². The number of hydrogen-bond acceptors (Lipinski definition) is 4. The van der Waals surface area contributed by atoms with Crippen LogP contribution in [0.5, 0.6) is 0 Å². The van der Waals surface area contributed by atoms with Gasteiger partial charge in [-0.05, 0) is 97.7 Å². The maximum atomic E-state index is 16.1. The smallest absolute Gasteiger partial charge is 0.416 e. The molecule has 4 aromatic rings. The van der Waals surface area contributed by atoms with Crippen molar-refractivity contribution in [2.75, 3.05) is 0 Å². The number of hydrogen-bond donors (Lipinski definition) is 2. The quantitative estimate of drug-likeness (QED) is 0.121. The Kier molecular flexibility index (Phi) is 11.7. The van der Waals surface area contributed by atoms with E-state index >= 15 is 4.39 Å². The highest BCUT2D eigenvalue weighted by molar-refractivity contribution is 5.82. The molecule has 0 fully saturated rings. The Morgan fingerprint density at radius 3 is 2.30 bits per heavy atom. The van der Waals surface area contributed by atoms with E-state index in [0.29, 0.717) is 28.3 Å². The Morgan fingerprint density at radius 1 is 1.06 bits per heavy atom. The molecule has 0 saturated carbocycles. The van der Waals surface area contributed by atoms with Crippen molar-refractivity contribution in [2.45, 2.75) is 78.7 Å². The zero-order chi connectivity index (χ0) is 36.9. The predicted octanol–water partition coefficient (Wildman–Crippen LogP) is 7.16. The number of benzene rings is 2. The summed E-state index contributed by atoms with van der Waals surface area (Å²) in [5.74, 6) is 1.39. The Morgan fingerprint density at radius 2 is 1.74 bits per heavy atom. The molecular formula is C37H37F5N4O4. The minimum absolute atomic E-state index is 0.0153. The molecule has 2 aromatic heterocycles. The molecular weight excluding hydrogens is 659 g/mol. The summed E-state index contributed by atoms with van der Waals surface area (Å²) in [4.78, 5) is 39.4. The molecule has 264 valence electrons. The van der Waals surface area contributed by atoms with Crippen LogP contribution in [-0.2, 0) is 28.7 Å². The number of halogens is 5. The lowest BCUT2D eigenvalue weighted by atomic mass is 9.90. The van der Waals surface area contributed by atoms with Crippen LogP contribution < -0.4 is 10.9 Å². The molecule has 13 heteroatoms. The Balaban J connectivity index is 1.83. The summed E-state index contributed by atoms with van der Waals surface area (Å²) >= 11 is 0. The lowest BCUT2D eigenvalue weighted by Crippen LogP contribution is -2.41. The van der Waals surface area contributed by atoms with E-state index < -0.39 is 59.3 Å². The van der Waals surface area contributed by atoms with Crippen molar-refractivity contribution in [3.05, 3.63) is 110 Å². The van der Waals surface area contributed by atoms with Gasteiger partial charge in [0.15, 0.2) is 0 Å². The molecule has 8 nitrogen and oxygen atoms in total. The number of pyridine rings is 1. The summed E-state index contributed by atoms with van der Waals surface area (Å²) in [6.45, 7) is 8.36. The first-order valence-electron chi connectivity index (χ1n) is 15.8. The van der Waals surface area contributed by atoms with E-state index in [0.717, 1.165) is 10.8 Å². The molecule has 2 atom stereocenters. The molecule has 0 aliphatic carbocycles. The average Bonchev–Trinajstić information content (AvgIpc) is 3.53. The molecule has 4 rings (SSSR count). The van der Waals surface area contributed by atoms with Crippen LogP contribution in [0.2, 0.25) is 0 Å². The highest BCUT2D eigenvalue weighted by Gasteiger charge is 2.36. The van der Waals surface area contributed by atoms with Gasteiger partial charge < -0.3 is 15.0 Å². The maximum absolute atomic E-state index is 16.1. The topological polar surface area (TPSA) is 106 Å².